The van der Waals surface area contributed by atoms with Crippen LogP contribution >= 0.6 is 0 Å². The van der Waals surface area contributed by atoms with Crippen LogP contribution in [0.2, 0.25) is 0 Å². The first-order chi connectivity index (χ1) is 9.49. The number of benzene rings is 1. The minimum atomic E-state index is -1.05. The lowest BCUT2D eigenvalue weighted by Crippen LogP contribution is -2.47. The summed E-state index contributed by atoms with van der Waals surface area (Å²) in [5.74, 6) is -1.05. The monoisotopic (exact) mass is 276 g/mol. The lowest BCUT2D eigenvalue weighted by Gasteiger charge is -2.15. The predicted molar refractivity (Wildman–Crippen MR) is 77.5 cm³/mol. The summed E-state index contributed by atoms with van der Waals surface area (Å²) in [6, 6.07) is 7.78. The van der Waals surface area contributed by atoms with Gasteiger partial charge in [0.2, 0.25) is 0 Å². The van der Waals surface area contributed by atoms with E-state index in [-0.39, 0.29) is 6.42 Å². The number of carbonyl (C=O) groups excluding carboxylic acids is 1. The average Bonchev–Trinajstić information content (AvgIpc) is 2.38. The summed E-state index contributed by atoms with van der Waals surface area (Å²) in [7, 11) is 0. The minimum absolute atomic E-state index is 0.256. The van der Waals surface area contributed by atoms with Gasteiger partial charge in [-0.15, -0.1) is 0 Å². The number of hydrogen-bond acceptors (Lipinski definition) is 2. The molecule has 1 rings (SSSR count). The molecule has 0 aliphatic heterocycles. The molecule has 0 aliphatic carbocycles. The van der Waals surface area contributed by atoms with Gasteiger partial charge in [0.15, 0.2) is 0 Å². The summed E-state index contributed by atoms with van der Waals surface area (Å²) in [6.45, 7) is 4.23. The molecule has 0 heterocycles. The van der Waals surface area contributed by atoms with Crippen LogP contribution in [0, 0.1) is 0 Å². The lowest BCUT2D eigenvalue weighted by molar-refractivity contribution is -0.139. The van der Waals surface area contributed by atoms with Gasteiger partial charge in [0, 0.05) is 13.0 Å². The zero-order chi connectivity index (χ0) is 15.0. The number of carbonyl (C=O) groups is 2. The molecule has 2 amide bonds. The molecule has 3 N–H and O–H groups in total. The van der Waals surface area contributed by atoms with Crippen molar-refractivity contribution < 1.29 is 14.7 Å². The van der Waals surface area contributed by atoms with Crippen molar-refractivity contribution in [2.45, 2.75) is 26.3 Å². The number of carboxylic acid groups (broad SMARTS) is 1. The van der Waals surface area contributed by atoms with Crippen molar-refractivity contribution in [1.82, 2.24) is 10.6 Å². The second kappa shape index (κ2) is 7.99. The summed E-state index contributed by atoms with van der Waals surface area (Å²) >= 11 is 0. The van der Waals surface area contributed by atoms with Crippen molar-refractivity contribution in [2.24, 2.45) is 0 Å². The third-order valence-electron chi connectivity index (χ3n) is 2.66. The van der Waals surface area contributed by atoms with Crippen LogP contribution in [-0.4, -0.2) is 29.7 Å². The molecule has 5 heteroatoms. The topological polar surface area (TPSA) is 78.4 Å². The molecule has 0 aromatic heterocycles. The average molecular weight is 276 g/mol. The van der Waals surface area contributed by atoms with Crippen LogP contribution in [0.25, 0.3) is 0 Å². The molecule has 1 atom stereocenters. The second-order valence-corrected chi connectivity index (χ2v) is 4.72. The predicted octanol–water partition coefficient (Wildman–Crippen LogP) is 1.95. The summed E-state index contributed by atoms with van der Waals surface area (Å²) in [6.07, 6.45) is 2.11. The van der Waals surface area contributed by atoms with Crippen LogP contribution < -0.4 is 10.6 Å². The van der Waals surface area contributed by atoms with E-state index in [9.17, 15) is 9.59 Å². The Kier molecular flexibility index (Phi) is 6.29. The molecule has 0 saturated heterocycles. The molecule has 5 nitrogen and oxygen atoms in total. The van der Waals surface area contributed by atoms with E-state index in [1.54, 1.807) is 0 Å². The zero-order valence-electron chi connectivity index (χ0n) is 11.7. The molecular formula is C15H20N2O3. The summed E-state index contributed by atoms with van der Waals surface area (Å²) in [4.78, 5) is 22.8. The van der Waals surface area contributed by atoms with Crippen LogP contribution in [0.1, 0.15) is 19.4 Å². The number of hydrogen-bond donors (Lipinski definition) is 3. The van der Waals surface area contributed by atoms with Crippen molar-refractivity contribution in [3.05, 3.63) is 47.5 Å². The highest BCUT2D eigenvalue weighted by atomic mass is 16.4. The van der Waals surface area contributed by atoms with Crippen molar-refractivity contribution in [2.75, 3.05) is 6.54 Å². The Hall–Kier alpha value is -2.30. The third-order valence-corrected chi connectivity index (χ3v) is 2.66. The fourth-order valence-electron chi connectivity index (χ4n) is 1.61. The Morgan fingerprint density at radius 3 is 2.45 bits per heavy atom. The normalized spacial score (nSPS) is 11.3. The Morgan fingerprint density at radius 1 is 1.25 bits per heavy atom. The minimum Gasteiger partial charge on any atom is -0.480 e. The third kappa shape index (κ3) is 6.04. The van der Waals surface area contributed by atoms with Crippen LogP contribution in [0.5, 0.6) is 0 Å². The van der Waals surface area contributed by atoms with Gasteiger partial charge in [-0.3, -0.25) is 0 Å². The van der Waals surface area contributed by atoms with Crippen LogP contribution in [0.3, 0.4) is 0 Å². The number of carboxylic acids is 1. The van der Waals surface area contributed by atoms with E-state index in [0.29, 0.717) is 6.54 Å². The zero-order valence-corrected chi connectivity index (χ0v) is 11.7. The summed E-state index contributed by atoms with van der Waals surface area (Å²) in [5.41, 5.74) is 1.95. The number of rotatable bonds is 6. The Balaban J connectivity index is 2.53. The first-order valence-corrected chi connectivity index (χ1v) is 6.43. The Morgan fingerprint density at radius 2 is 1.90 bits per heavy atom. The van der Waals surface area contributed by atoms with E-state index < -0.39 is 18.0 Å². The van der Waals surface area contributed by atoms with E-state index >= 15 is 0 Å². The van der Waals surface area contributed by atoms with Gasteiger partial charge in [0.1, 0.15) is 6.04 Å². The molecule has 0 radical (unpaired) electrons. The summed E-state index contributed by atoms with van der Waals surface area (Å²) < 4.78 is 0. The number of amides is 2. The highest BCUT2D eigenvalue weighted by Gasteiger charge is 2.19. The molecule has 0 saturated carbocycles. The second-order valence-electron chi connectivity index (χ2n) is 4.72. The molecule has 20 heavy (non-hydrogen) atoms. The maximum Gasteiger partial charge on any atom is 0.326 e. The fourth-order valence-corrected chi connectivity index (χ4v) is 1.61. The molecule has 0 bridgehead atoms. The first kappa shape index (κ1) is 15.8. The Bertz CT molecular complexity index is 479. The van der Waals surface area contributed by atoms with Gasteiger partial charge in [-0.05, 0) is 19.4 Å². The van der Waals surface area contributed by atoms with Crippen molar-refractivity contribution >= 4 is 12.0 Å². The Labute approximate surface area is 118 Å². The SMILES string of the molecule is CC(C)=CCNC(=O)NC(Cc1ccccc1)C(=O)O. The largest absolute Gasteiger partial charge is 0.480 e. The van der Waals surface area contributed by atoms with Crippen molar-refractivity contribution in [3.63, 3.8) is 0 Å². The first-order valence-electron chi connectivity index (χ1n) is 6.43. The van der Waals surface area contributed by atoms with Gasteiger partial charge in [-0.2, -0.15) is 0 Å². The highest BCUT2D eigenvalue weighted by Crippen LogP contribution is 2.03. The van der Waals surface area contributed by atoms with Gasteiger partial charge in [0.25, 0.3) is 0 Å². The van der Waals surface area contributed by atoms with E-state index in [2.05, 4.69) is 10.6 Å². The number of urea groups is 1. The maximum atomic E-state index is 11.6. The fraction of sp³-hybridized carbons (Fsp3) is 0.333. The number of aliphatic carboxylic acids is 1. The molecule has 1 aromatic rings. The van der Waals surface area contributed by atoms with E-state index in [1.807, 2.05) is 50.3 Å². The highest BCUT2D eigenvalue weighted by molar-refractivity contribution is 5.82. The van der Waals surface area contributed by atoms with Crippen LogP contribution in [-0.2, 0) is 11.2 Å². The van der Waals surface area contributed by atoms with Crippen LogP contribution in [0.4, 0.5) is 4.79 Å². The van der Waals surface area contributed by atoms with E-state index in [0.717, 1.165) is 11.1 Å². The smallest absolute Gasteiger partial charge is 0.326 e. The maximum absolute atomic E-state index is 11.6. The molecule has 1 unspecified atom stereocenters. The van der Waals surface area contributed by atoms with Gasteiger partial charge < -0.3 is 15.7 Å². The molecule has 108 valence electrons. The van der Waals surface area contributed by atoms with Crippen LogP contribution in [0.15, 0.2) is 42.0 Å². The van der Waals surface area contributed by atoms with Gasteiger partial charge in [0.05, 0.1) is 0 Å². The quantitative estimate of drug-likeness (QED) is 0.695. The molecular weight excluding hydrogens is 256 g/mol. The molecule has 0 fully saturated rings. The van der Waals surface area contributed by atoms with E-state index in [4.69, 9.17) is 5.11 Å². The van der Waals surface area contributed by atoms with Crippen molar-refractivity contribution in [1.29, 1.82) is 0 Å². The van der Waals surface area contributed by atoms with Gasteiger partial charge in [-0.1, -0.05) is 42.0 Å². The standard InChI is InChI=1S/C15H20N2O3/c1-11(2)8-9-16-15(20)17-13(14(18)19)10-12-6-4-3-5-7-12/h3-8,13H,9-10H2,1-2H3,(H,18,19)(H2,16,17,20). The lowest BCUT2D eigenvalue weighted by atomic mass is 10.1. The molecule has 0 spiro atoms. The molecule has 1 aromatic carbocycles. The van der Waals surface area contributed by atoms with E-state index in [1.165, 1.54) is 0 Å². The summed E-state index contributed by atoms with van der Waals surface area (Å²) in [5, 5.41) is 14.2. The van der Waals surface area contributed by atoms with Crippen molar-refractivity contribution in [3.8, 4) is 0 Å². The van der Waals surface area contributed by atoms with Gasteiger partial charge in [-0.25, -0.2) is 9.59 Å². The molecule has 0 aliphatic rings. The number of nitrogens with one attached hydrogen (secondary N) is 2. The van der Waals surface area contributed by atoms with Gasteiger partial charge >= 0.3 is 12.0 Å². The number of allylic oxidation sites excluding steroid dienone is 1.